The maximum atomic E-state index is 6.37. The lowest BCUT2D eigenvalue weighted by molar-refractivity contribution is 0.394. The normalized spacial score (nSPS) is 17.8. The summed E-state index contributed by atoms with van der Waals surface area (Å²) in [6.07, 6.45) is 11.1. The van der Waals surface area contributed by atoms with Gasteiger partial charge in [-0.25, -0.2) is 0 Å². The van der Waals surface area contributed by atoms with Crippen LogP contribution >= 0.6 is 11.6 Å². The largest absolute Gasteiger partial charge is 0.309 e. The second-order valence-electron chi connectivity index (χ2n) is 5.93. The van der Waals surface area contributed by atoms with E-state index in [1.54, 1.807) is 6.20 Å². The molecule has 0 radical (unpaired) electrons. The van der Waals surface area contributed by atoms with Crippen LogP contribution in [0, 0.1) is 5.92 Å². The molecule has 4 heteroatoms. The van der Waals surface area contributed by atoms with Crippen LogP contribution in [0.3, 0.4) is 0 Å². The van der Waals surface area contributed by atoms with Crippen molar-refractivity contribution >= 4 is 11.6 Å². The van der Waals surface area contributed by atoms with Gasteiger partial charge in [-0.1, -0.05) is 44.2 Å². The minimum Gasteiger partial charge on any atom is -0.309 e. The first-order valence-corrected chi connectivity index (χ1v) is 8.58. The molecular formula is C16H28ClN3. The fourth-order valence-corrected chi connectivity index (χ4v) is 3.60. The molecule has 0 amide bonds. The van der Waals surface area contributed by atoms with Gasteiger partial charge in [-0.15, -0.1) is 0 Å². The Kier molecular flexibility index (Phi) is 6.37. The topological polar surface area (TPSA) is 29.9 Å². The van der Waals surface area contributed by atoms with Crippen LogP contribution in [0.1, 0.15) is 70.5 Å². The number of rotatable bonds is 8. The van der Waals surface area contributed by atoms with E-state index in [2.05, 4.69) is 24.3 Å². The van der Waals surface area contributed by atoms with Gasteiger partial charge in [0.05, 0.1) is 23.0 Å². The zero-order valence-electron chi connectivity index (χ0n) is 12.9. The lowest BCUT2D eigenvalue weighted by Crippen LogP contribution is -2.25. The summed E-state index contributed by atoms with van der Waals surface area (Å²) in [6, 6.07) is 0.352. The lowest BCUT2D eigenvalue weighted by Gasteiger charge is -2.22. The van der Waals surface area contributed by atoms with Crippen molar-refractivity contribution in [3.63, 3.8) is 0 Å². The van der Waals surface area contributed by atoms with Crippen LogP contribution in [0.25, 0.3) is 0 Å². The zero-order chi connectivity index (χ0) is 14.4. The number of hydrogen-bond acceptors (Lipinski definition) is 2. The molecule has 1 atom stereocenters. The van der Waals surface area contributed by atoms with Gasteiger partial charge in [0.25, 0.3) is 0 Å². The highest BCUT2D eigenvalue weighted by molar-refractivity contribution is 6.31. The third-order valence-electron chi connectivity index (χ3n) is 4.44. The van der Waals surface area contributed by atoms with Gasteiger partial charge in [-0.3, -0.25) is 4.68 Å². The van der Waals surface area contributed by atoms with Crippen molar-refractivity contribution in [2.45, 2.75) is 71.4 Å². The second-order valence-corrected chi connectivity index (χ2v) is 6.34. The van der Waals surface area contributed by atoms with Crippen molar-refractivity contribution in [1.29, 1.82) is 0 Å². The number of aromatic nitrogens is 2. The predicted octanol–water partition coefficient (Wildman–Crippen LogP) is 4.57. The molecule has 0 bridgehead atoms. The highest BCUT2D eigenvalue weighted by Crippen LogP contribution is 2.33. The van der Waals surface area contributed by atoms with E-state index in [-0.39, 0.29) is 0 Å². The van der Waals surface area contributed by atoms with E-state index < -0.39 is 0 Å². The molecule has 1 heterocycles. The fraction of sp³-hybridized carbons (Fsp3) is 0.812. The van der Waals surface area contributed by atoms with Crippen molar-refractivity contribution in [1.82, 2.24) is 15.1 Å². The molecule has 114 valence electrons. The Morgan fingerprint density at radius 1 is 1.40 bits per heavy atom. The summed E-state index contributed by atoms with van der Waals surface area (Å²) < 4.78 is 2.05. The van der Waals surface area contributed by atoms with Crippen LogP contribution in [0.15, 0.2) is 6.20 Å². The van der Waals surface area contributed by atoms with Gasteiger partial charge in [0.15, 0.2) is 0 Å². The molecular weight excluding hydrogens is 270 g/mol. The maximum absolute atomic E-state index is 6.37. The average Bonchev–Trinajstić information content (AvgIpc) is 3.09. The molecule has 1 aromatic rings. The van der Waals surface area contributed by atoms with Crippen LogP contribution < -0.4 is 5.32 Å². The number of nitrogens with zero attached hydrogens (tertiary/aromatic N) is 2. The summed E-state index contributed by atoms with van der Waals surface area (Å²) in [5.74, 6) is 0.928. The Labute approximate surface area is 128 Å². The first-order valence-electron chi connectivity index (χ1n) is 8.20. The summed E-state index contributed by atoms with van der Waals surface area (Å²) in [5, 5.41) is 8.87. The molecule has 0 spiro atoms. The number of hydrogen-bond donors (Lipinski definition) is 1. The quantitative estimate of drug-likeness (QED) is 0.762. The predicted molar refractivity (Wildman–Crippen MR) is 85.1 cm³/mol. The molecule has 0 aliphatic heterocycles. The van der Waals surface area contributed by atoms with E-state index in [9.17, 15) is 0 Å². The molecule has 1 N–H and O–H groups in total. The summed E-state index contributed by atoms with van der Waals surface area (Å²) in [7, 11) is 0. The van der Waals surface area contributed by atoms with Crippen LogP contribution in [-0.2, 0) is 6.54 Å². The van der Waals surface area contributed by atoms with E-state index in [1.807, 2.05) is 4.68 Å². The molecule has 1 unspecified atom stereocenters. The highest BCUT2D eigenvalue weighted by Gasteiger charge is 2.22. The Hall–Kier alpha value is -0.540. The van der Waals surface area contributed by atoms with Crippen LogP contribution in [0.5, 0.6) is 0 Å². The first-order chi connectivity index (χ1) is 9.76. The third-order valence-corrected chi connectivity index (χ3v) is 4.73. The average molecular weight is 298 g/mol. The van der Waals surface area contributed by atoms with Gasteiger partial charge in [-0.2, -0.15) is 5.10 Å². The smallest absolute Gasteiger partial charge is 0.0834 e. The summed E-state index contributed by atoms with van der Waals surface area (Å²) in [4.78, 5) is 0. The van der Waals surface area contributed by atoms with Crippen molar-refractivity contribution in [3.05, 3.63) is 16.9 Å². The molecule has 1 aliphatic rings. The van der Waals surface area contributed by atoms with E-state index in [0.29, 0.717) is 6.04 Å². The van der Waals surface area contributed by atoms with Gasteiger partial charge >= 0.3 is 0 Å². The van der Waals surface area contributed by atoms with E-state index in [0.717, 1.165) is 30.5 Å². The number of nitrogens with one attached hydrogen (secondary N) is 1. The van der Waals surface area contributed by atoms with E-state index in [4.69, 9.17) is 11.6 Å². The monoisotopic (exact) mass is 297 g/mol. The molecule has 1 aromatic heterocycles. The fourth-order valence-electron chi connectivity index (χ4n) is 3.33. The van der Waals surface area contributed by atoms with Gasteiger partial charge in [-0.05, 0) is 38.6 Å². The van der Waals surface area contributed by atoms with Gasteiger partial charge in [0.2, 0.25) is 0 Å². The zero-order valence-corrected chi connectivity index (χ0v) is 13.6. The molecule has 20 heavy (non-hydrogen) atoms. The second kappa shape index (κ2) is 8.04. The lowest BCUT2D eigenvalue weighted by atomic mass is 9.97. The summed E-state index contributed by atoms with van der Waals surface area (Å²) in [5.41, 5.74) is 1.18. The Morgan fingerprint density at radius 2 is 2.15 bits per heavy atom. The molecule has 2 rings (SSSR count). The highest BCUT2D eigenvalue weighted by atomic mass is 35.5. The molecule has 0 saturated heterocycles. The molecule has 3 nitrogen and oxygen atoms in total. The molecule has 1 fully saturated rings. The Morgan fingerprint density at radius 3 is 2.80 bits per heavy atom. The standard InChI is InChI=1S/C16H28ClN3/c1-3-11-18-15(10-9-13-7-5-6-8-13)16-14(17)12-19-20(16)4-2/h12-13,15,18H,3-11H2,1-2H3. The van der Waals surface area contributed by atoms with Crippen molar-refractivity contribution in [2.24, 2.45) is 5.92 Å². The van der Waals surface area contributed by atoms with Gasteiger partial charge in [0.1, 0.15) is 0 Å². The maximum Gasteiger partial charge on any atom is 0.0834 e. The third kappa shape index (κ3) is 3.98. The summed E-state index contributed by atoms with van der Waals surface area (Å²) >= 11 is 6.37. The number of aryl methyl sites for hydroxylation is 1. The van der Waals surface area contributed by atoms with E-state index in [1.165, 1.54) is 44.2 Å². The Bertz CT molecular complexity index is 396. The van der Waals surface area contributed by atoms with Crippen LogP contribution in [0.2, 0.25) is 5.02 Å². The molecule has 0 aromatic carbocycles. The molecule has 1 aliphatic carbocycles. The van der Waals surface area contributed by atoms with Gasteiger partial charge < -0.3 is 5.32 Å². The van der Waals surface area contributed by atoms with Crippen molar-refractivity contribution in [3.8, 4) is 0 Å². The minimum atomic E-state index is 0.352. The Balaban J connectivity index is 2.03. The molecule has 1 saturated carbocycles. The summed E-state index contributed by atoms with van der Waals surface area (Å²) in [6.45, 7) is 6.26. The first kappa shape index (κ1) is 15.8. The van der Waals surface area contributed by atoms with Gasteiger partial charge in [0, 0.05) is 6.54 Å². The minimum absolute atomic E-state index is 0.352. The van der Waals surface area contributed by atoms with E-state index >= 15 is 0 Å². The van der Waals surface area contributed by atoms with Crippen LogP contribution in [0.4, 0.5) is 0 Å². The SMILES string of the molecule is CCCNC(CCC1CCCC1)c1c(Cl)cnn1CC. The van der Waals surface area contributed by atoms with Crippen molar-refractivity contribution in [2.75, 3.05) is 6.54 Å². The van der Waals surface area contributed by atoms with Crippen molar-refractivity contribution < 1.29 is 0 Å². The van der Waals surface area contributed by atoms with Crippen LogP contribution in [-0.4, -0.2) is 16.3 Å². The number of halogens is 1.